The Morgan fingerprint density at radius 1 is 1.14 bits per heavy atom. The predicted molar refractivity (Wildman–Crippen MR) is 103 cm³/mol. The maximum Gasteiger partial charge on any atom is 0.431 e. The van der Waals surface area contributed by atoms with E-state index in [1.165, 1.54) is 6.92 Å². The zero-order chi connectivity index (χ0) is 20.3. The number of nitrogens with zero attached hydrogens (tertiary/aromatic N) is 1. The minimum absolute atomic E-state index is 0.00128. The average Bonchev–Trinajstić information content (AvgIpc) is 2.97. The first-order chi connectivity index (χ1) is 13.3. The molecule has 0 saturated carbocycles. The van der Waals surface area contributed by atoms with Gasteiger partial charge in [-0.05, 0) is 36.8 Å². The molecule has 1 N–H and O–H groups in total. The van der Waals surface area contributed by atoms with Crippen LogP contribution >= 0.6 is 0 Å². The predicted octanol–water partition coefficient (Wildman–Crippen LogP) is 5.27. The van der Waals surface area contributed by atoms with Gasteiger partial charge in [-0.25, -0.2) is 4.79 Å². The van der Waals surface area contributed by atoms with Gasteiger partial charge in [0.2, 0.25) is 0 Å². The summed E-state index contributed by atoms with van der Waals surface area (Å²) >= 11 is 0. The fourth-order valence-corrected chi connectivity index (χ4v) is 2.96. The number of halogens is 3. The summed E-state index contributed by atoms with van der Waals surface area (Å²) in [5, 5.41) is 3.08. The zero-order valence-corrected chi connectivity index (χ0v) is 15.4. The molecule has 2 aromatic carbocycles. The Labute approximate surface area is 160 Å². The molecule has 28 heavy (non-hydrogen) atoms. The molecule has 3 aromatic rings. The van der Waals surface area contributed by atoms with E-state index in [0.29, 0.717) is 6.08 Å². The normalized spacial score (nSPS) is 12.2. The van der Waals surface area contributed by atoms with E-state index >= 15 is 0 Å². The molecule has 0 aliphatic carbocycles. The van der Waals surface area contributed by atoms with E-state index in [9.17, 15) is 18.0 Å². The monoisotopic (exact) mass is 388 g/mol. The van der Waals surface area contributed by atoms with Crippen molar-refractivity contribution in [3.05, 3.63) is 66.4 Å². The molecule has 0 unspecified atom stereocenters. The smallest absolute Gasteiger partial charge is 0.431 e. The number of carbonyl (C=O) groups excluding carboxylic acids is 1. The number of allylic oxidation sites excluding steroid dienone is 1. The summed E-state index contributed by atoms with van der Waals surface area (Å²) < 4.78 is 46.4. The van der Waals surface area contributed by atoms with Gasteiger partial charge in [0.15, 0.2) is 0 Å². The van der Waals surface area contributed by atoms with E-state index in [2.05, 4.69) is 10.1 Å². The van der Waals surface area contributed by atoms with E-state index in [0.717, 1.165) is 22.2 Å². The molecule has 1 aromatic heterocycles. The molecule has 0 bridgehead atoms. The molecule has 0 aliphatic rings. The van der Waals surface area contributed by atoms with Crippen molar-refractivity contribution in [3.8, 4) is 11.3 Å². The van der Waals surface area contributed by atoms with Crippen molar-refractivity contribution in [2.24, 2.45) is 7.05 Å². The molecule has 4 nitrogen and oxygen atoms in total. The SMILES string of the molecule is CCOC(=O)/C=C(\Nc1ccc2c(c1)cc(-c1ccccc1)n2C)C(F)(F)F. The molecule has 0 amide bonds. The van der Waals surface area contributed by atoms with Crippen molar-refractivity contribution in [1.29, 1.82) is 0 Å². The van der Waals surface area contributed by atoms with Gasteiger partial charge < -0.3 is 14.6 Å². The van der Waals surface area contributed by atoms with Crippen LogP contribution in [0.3, 0.4) is 0 Å². The number of fused-ring (bicyclic) bond motifs is 1. The summed E-state index contributed by atoms with van der Waals surface area (Å²) in [7, 11) is 1.90. The summed E-state index contributed by atoms with van der Waals surface area (Å²) in [5.74, 6) is -1.05. The fourth-order valence-electron chi connectivity index (χ4n) is 2.96. The molecule has 0 saturated heterocycles. The Kier molecular flexibility index (Phi) is 5.44. The number of carbonyl (C=O) groups is 1. The van der Waals surface area contributed by atoms with E-state index in [-0.39, 0.29) is 12.3 Å². The highest BCUT2D eigenvalue weighted by Crippen LogP contribution is 2.31. The van der Waals surface area contributed by atoms with Crippen LogP contribution in [-0.4, -0.2) is 23.3 Å². The molecule has 0 fully saturated rings. The Morgan fingerprint density at radius 2 is 1.86 bits per heavy atom. The van der Waals surface area contributed by atoms with Crippen molar-refractivity contribution in [1.82, 2.24) is 4.57 Å². The van der Waals surface area contributed by atoms with Crippen molar-refractivity contribution in [3.63, 3.8) is 0 Å². The Hall–Kier alpha value is -3.22. The molecule has 0 spiro atoms. The second-order valence-electron chi connectivity index (χ2n) is 6.16. The lowest BCUT2D eigenvalue weighted by atomic mass is 10.1. The van der Waals surface area contributed by atoms with Crippen molar-refractivity contribution >= 4 is 22.6 Å². The maximum absolute atomic E-state index is 13.3. The van der Waals surface area contributed by atoms with E-state index in [4.69, 9.17) is 0 Å². The topological polar surface area (TPSA) is 43.3 Å². The number of alkyl halides is 3. The van der Waals surface area contributed by atoms with Gasteiger partial charge in [-0.3, -0.25) is 0 Å². The van der Waals surface area contributed by atoms with E-state index in [1.807, 2.05) is 48.0 Å². The van der Waals surface area contributed by atoms with Crippen molar-refractivity contribution < 1.29 is 22.7 Å². The van der Waals surface area contributed by atoms with Gasteiger partial charge in [0.05, 0.1) is 12.7 Å². The van der Waals surface area contributed by atoms with Crippen LogP contribution < -0.4 is 5.32 Å². The largest absolute Gasteiger partial charge is 0.463 e. The molecule has 0 radical (unpaired) electrons. The van der Waals surface area contributed by atoms with Crippen LogP contribution in [0.4, 0.5) is 18.9 Å². The van der Waals surface area contributed by atoms with Gasteiger partial charge in [-0.2, -0.15) is 13.2 Å². The van der Waals surface area contributed by atoms with Gasteiger partial charge in [0.25, 0.3) is 0 Å². The molecule has 3 rings (SSSR count). The number of hydrogen-bond donors (Lipinski definition) is 1. The summed E-state index contributed by atoms with van der Waals surface area (Å²) in [5.41, 5.74) is 1.89. The number of rotatable bonds is 5. The Morgan fingerprint density at radius 3 is 2.50 bits per heavy atom. The second kappa shape index (κ2) is 7.80. The molecule has 7 heteroatoms. The number of aromatic nitrogens is 1. The van der Waals surface area contributed by atoms with Gasteiger partial charge in [0, 0.05) is 29.3 Å². The summed E-state index contributed by atoms with van der Waals surface area (Å²) in [6.45, 7) is 1.53. The summed E-state index contributed by atoms with van der Waals surface area (Å²) in [6.07, 6.45) is -4.29. The van der Waals surface area contributed by atoms with Crippen molar-refractivity contribution in [2.45, 2.75) is 13.1 Å². The number of esters is 1. The van der Waals surface area contributed by atoms with Crippen LogP contribution in [0.1, 0.15) is 6.92 Å². The highest BCUT2D eigenvalue weighted by molar-refractivity contribution is 5.90. The van der Waals surface area contributed by atoms with Gasteiger partial charge in [-0.15, -0.1) is 0 Å². The van der Waals surface area contributed by atoms with E-state index < -0.39 is 17.8 Å². The fraction of sp³-hybridized carbons (Fsp3) is 0.190. The lowest BCUT2D eigenvalue weighted by Gasteiger charge is -2.14. The summed E-state index contributed by atoms with van der Waals surface area (Å²) in [6, 6.07) is 16.5. The molecular formula is C21H19F3N2O2. The first-order valence-corrected chi connectivity index (χ1v) is 8.67. The lowest BCUT2D eigenvalue weighted by Crippen LogP contribution is -2.21. The van der Waals surface area contributed by atoms with Crippen LogP contribution in [0.5, 0.6) is 0 Å². The Bertz CT molecular complexity index is 1020. The van der Waals surface area contributed by atoms with E-state index in [1.54, 1.807) is 18.2 Å². The molecular weight excluding hydrogens is 369 g/mol. The number of ether oxygens (including phenoxy) is 1. The highest BCUT2D eigenvalue weighted by atomic mass is 19.4. The van der Waals surface area contributed by atoms with Crippen molar-refractivity contribution in [2.75, 3.05) is 11.9 Å². The maximum atomic E-state index is 13.3. The Balaban J connectivity index is 1.96. The van der Waals surface area contributed by atoms with Crippen LogP contribution in [0.25, 0.3) is 22.2 Å². The number of nitrogens with one attached hydrogen (secondary N) is 1. The number of hydrogen-bond acceptors (Lipinski definition) is 3. The standard InChI is InChI=1S/C21H19F3N2O2/c1-3-28-20(27)13-19(21(22,23)24)25-16-9-10-17-15(11-16)12-18(26(17)2)14-7-5-4-6-8-14/h4-13,25H,3H2,1-2H3/b19-13-. The average molecular weight is 388 g/mol. The highest BCUT2D eigenvalue weighted by Gasteiger charge is 2.35. The summed E-state index contributed by atoms with van der Waals surface area (Å²) in [4.78, 5) is 11.5. The third kappa shape index (κ3) is 4.19. The molecule has 0 aliphatic heterocycles. The van der Waals surface area contributed by atoms with Crippen LogP contribution in [0.2, 0.25) is 0 Å². The van der Waals surface area contributed by atoms with Crippen LogP contribution in [0, 0.1) is 0 Å². The molecule has 0 atom stereocenters. The first kappa shape index (κ1) is 19.5. The quantitative estimate of drug-likeness (QED) is 0.479. The first-order valence-electron chi connectivity index (χ1n) is 8.67. The molecule has 1 heterocycles. The minimum atomic E-state index is -4.71. The van der Waals surface area contributed by atoms with Gasteiger partial charge in [0.1, 0.15) is 5.70 Å². The van der Waals surface area contributed by atoms with Gasteiger partial charge >= 0.3 is 12.1 Å². The third-order valence-electron chi connectivity index (χ3n) is 4.25. The second-order valence-corrected chi connectivity index (χ2v) is 6.16. The minimum Gasteiger partial charge on any atom is -0.463 e. The molecule has 146 valence electrons. The van der Waals surface area contributed by atoms with Crippen LogP contribution in [0.15, 0.2) is 66.4 Å². The number of aryl methyl sites for hydroxylation is 1. The van der Waals surface area contributed by atoms with Crippen LogP contribution in [-0.2, 0) is 16.6 Å². The number of anilines is 1. The third-order valence-corrected chi connectivity index (χ3v) is 4.25. The van der Waals surface area contributed by atoms with Gasteiger partial charge in [-0.1, -0.05) is 30.3 Å². The zero-order valence-electron chi connectivity index (χ0n) is 15.4. The number of benzene rings is 2. The lowest BCUT2D eigenvalue weighted by molar-refractivity contribution is -0.138.